The smallest absolute Gasteiger partial charge is 0.238 e. The first kappa shape index (κ1) is 22.0. The van der Waals surface area contributed by atoms with Crippen molar-refractivity contribution in [1.82, 2.24) is 14.8 Å². The van der Waals surface area contributed by atoms with Gasteiger partial charge in [-0.1, -0.05) is 37.1 Å². The van der Waals surface area contributed by atoms with Crippen LogP contribution >= 0.6 is 11.8 Å². The van der Waals surface area contributed by atoms with Gasteiger partial charge in [0.05, 0.1) is 10.6 Å². The first-order valence-electron chi connectivity index (χ1n) is 10.5. The van der Waals surface area contributed by atoms with Gasteiger partial charge in [-0.15, -0.1) is 16.8 Å². The Bertz CT molecular complexity index is 1090. The van der Waals surface area contributed by atoms with Gasteiger partial charge >= 0.3 is 0 Å². The Morgan fingerprint density at radius 3 is 2.74 bits per heavy atom. The van der Waals surface area contributed by atoms with Crippen LogP contribution in [0.4, 0.5) is 5.69 Å². The van der Waals surface area contributed by atoms with Crippen LogP contribution < -0.4 is 10.0 Å². The maximum absolute atomic E-state index is 12.9. The molecule has 1 fully saturated rings. The summed E-state index contributed by atoms with van der Waals surface area (Å²) in [6.07, 6.45) is 8.41. The third-order valence-corrected chi connectivity index (χ3v) is 7.79. The van der Waals surface area contributed by atoms with E-state index in [0.717, 1.165) is 35.1 Å². The zero-order chi connectivity index (χ0) is 22.0. The van der Waals surface area contributed by atoms with E-state index in [-0.39, 0.29) is 16.6 Å². The van der Waals surface area contributed by atoms with Crippen LogP contribution in [0.1, 0.15) is 49.4 Å². The van der Waals surface area contributed by atoms with E-state index in [1.54, 1.807) is 17.0 Å². The van der Waals surface area contributed by atoms with Gasteiger partial charge in [-0.05, 0) is 43.0 Å². The van der Waals surface area contributed by atoms with Crippen LogP contribution in [0.5, 0.6) is 0 Å². The topological polar surface area (TPSA) is 111 Å². The summed E-state index contributed by atoms with van der Waals surface area (Å²) in [5.41, 5.74) is 1.56. The van der Waals surface area contributed by atoms with Crippen molar-refractivity contribution < 1.29 is 13.2 Å². The Labute approximate surface area is 187 Å². The van der Waals surface area contributed by atoms with E-state index in [9.17, 15) is 13.2 Å². The minimum atomic E-state index is -3.76. The second-order valence-electron chi connectivity index (χ2n) is 7.99. The number of thioether (sulfide) groups is 1. The van der Waals surface area contributed by atoms with Crippen LogP contribution in [0.15, 0.2) is 40.9 Å². The van der Waals surface area contributed by atoms with Crippen LogP contribution in [0.2, 0.25) is 0 Å². The van der Waals surface area contributed by atoms with E-state index in [1.807, 2.05) is 6.08 Å². The number of carbonyl (C=O) groups is 1. The summed E-state index contributed by atoms with van der Waals surface area (Å²) < 4.78 is 25.2. The number of nitrogens with two attached hydrogens (primary N) is 1. The van der Waals surface area contributed by atoms with Gasteiger partial charge in [0.15, 0.2) is 5.16 Å². The molecule has 1 saturated carbocycles. The van der Waals surface area contributed by atoms with Gasteiger partial charge < -0.3 is 9.47 Å². The molecular weight excluding hydrogens is 434 g/mol. The second kappa shape index (κ2) is 9.13. The molecule has 1 aliphatic carbocycles. The number of sulfonamides is 1. The minimum Gasteiger partial charge on any atom is -0.311 e. The van der Waals surface area contributed by atoms with Gasteiger partial charge in [-0.2, -0.15) is 0 Å². The molecule has 31 heavy (non-hydrogen) atoms. The van der Waals surface area contributed by atoms with Crippen LogP contribution in [0.25, 0.3) is 0 Å². The SMILES string of the molecule is C=CCn1c(SCC(=O)N2CCc3cc(S(N)(=O)=O)ccc32)nnc1C1CCCCC1. The highest BCUT2D eigenvalue weighted by atomic mass is 32.2. The first-order chi connectivity index (χ1) is 14.9. The number of primary sulfonamides is 1. The zero-order valence-corrected chi connectivity index (χ0v) is 19.0. The van der Waals surface area contributed by atoms with Crippen molar-refractivity contribution in [3.63, 3.8) is 0 Å². The van der Waals surface area contributed by atoms with Crippen molar-refractivity contribution >= 4 is 33.4 Å². The van der Waals surface area contributed by atoms with Crippen LogP contribution in [0, 0.1) is 0 Å². The van der Waals surface area contributed by atoms with E-state index < -0.39 is 10.0 Å². The van der Waals surface area contributed by atoms with Crippen molar-refractivity contribution in [2.75, 3.05) is 17.2 Å². The fourth-order valence-electron chi connectivity index (χ4n) is 4.39. The van der Waals surface area contributed by atoms with Crippen LogP contribution in [0.3, 0.4) is 0 Å². The minimum absolute atomic E-state index is 0.0422. The molecule has 8 nitrogen and oxygen atoms in total. The van der Waals surface area contributed by atoms with E-state index in [1.165, 1.54) is 37.1 Å². The van der Waals surface area contributed by atoms with Crippen molar-refractivity contribution in [3.05, 3.63) is 42.2 Å². The quantitative estimate of drug-likeness (QED) is 0.501. The highest BCUT2D eigenvalue weighted by Crippen LogP contribution is 2.34. The molecule has 1 aliphatic heterocycles. The molecule has 0 saturated heterocycles. The molecule has 2 aliphatic rings. The second-order valence-corrected chi connectivity index (χ2v) is 10.5. The standard InChI is InChI=1S/C21H27N5O3S2/c1-2-11-26-20(15-6-4-3-5-7-15)23-24-21(26)30-14-19(27)25-12-10-16-13-17(31(22,28)29)8-9-18(16)25/h2,8-9,13,15H,1,3-7,10-12,14H2,(H2,22,28,29). The summed E-state index contributed by atoms with van der Waals surface area (Å²) in [7, 11) is -3.76. The molecular formula is C21H27N5O3S2. The molecule has 0 unspecified atom stereocenters. The van der Waals surface area contributed by atoms with Crippen molar-refractivity contribution in [2.24, 2.45) is 5.14 Å². The third-order valence-electron chi connectivity index (χ3n) is 5.93. The molecule has 4 rings (SSSR count). The monoisotopic (exact) mass is 461 g/mol. The van der Waals surface area contributed by atoms with Gasteiger partial charge in [0.25, 0.3) is 0 Å². The average molecular weight is 462 g/mol. The number of carbonyl (C=O) groups excluding carboxylic acids is 1. The maximum atomic E-state index is 12.9. The molecule has 2 N–H and O–H groups in total. The highest BCUT2D eigenvalue weighted by Gasteiger charge is 2.27. The number of benzene rings is 1. The number of hydrogen-bond acceptors (Lipinski definition) is 6. The molecule has 0 radical (unpaired) electrons. The maximum Gasteiger partial charge on any atom is 0.238 e. The summed E-state index contributed by atoms with van der Waals surface area (Å²) in [5.74, 6) is 1.61. The summed E-state index contributed by atoms with van der Waals surface area (Å²) in [4.78, 5) is 14.7. The normalized spacial score (nSPS) is 17.0. The summed E-state index contributed by atoms with van der Waals surface area (Å²) in [6.45, 7) is 5.00. The van der Waals surface area contributed by atoms with Crippen LogP contribution in [-0.4, -0.2) is 41.4 Å². The summed E-state index contributed by atoms with van der Waals surface area (Å²) in [5, 5.41) is 14.8. The van der Waals surface area contributed by atoms with Crippen LogP contribution in [-0.2, 0) is 27.8 Å². The number of hydrogen-bond donors (Lipinski definition) is 1. The lowest BCUT2D eigenvalue weighted by Gasteiger charge is -2.21. The Morgan fingerprint density at radius 1 is 1.26 bits per heavy atom. The fraction of sp³-hybridized carbons (Fsp3) is 0.476. The first-order valence-corrected chi connectivity index (χ1v) is 13.0. The number of fused-ring (bicyclic) bond motifs is 1. The van der Waals surface area contributed by atoms with Gasteiger partial charge in [0.1, 0.15) is 5.82 Å². The van der Waals surface area contributed by atoms with Crippen molar-refractivity contribution in [1.29, 1.82) is 0 Å². The van der Waals surface area contributed by atoms with Gasteiger partial charge in [0, 0.05) is 24.7 Å². The Balaban J connectivity index is 1.46. The molecule has 0 bridgehead atoms. The highest BCUT2D eigenvalue weighted by molar-refractivity contribution is 7.99. The number of anilines is 1. The number of rotatable bonds is 7. The lowest BCUT2D eigenvalue weighted by Crippen LogP contribution is -2.30. The molecule has 1 aromatic heterocycles. The summed E-state index contributed by atoms with van der Waals surface area (Å²) in [6, 6.07) is 4.67. The Kier molecular flexibility index (Phi) is 6.49. The molecule has 0 spiro atoms. The molecule has 0 atom stereocenters. The third kappa shape index (κ3) is 4.70. The molecule has 10 heteroatoms. The van der Waals surface area contributed by atoms with Crippen molar-refractivity contribution in [2.45, 2.75) is 61.0 Å². The van der Waals surface area contributed by atoms with E-state index in [0.29, 0.717) is 25.4 Å². The number of aromatic nitrogens is 3. The van der Waals surface area contributed by atoms with E-state index in [2.05, 4.69) is 21.3 Å². The largest absolute Gasteiger partial charge is 0.311 e. The fourth-order valence-corrected chi connectivity index (χ4v) is 5.78. The van der Waals surface area contributed by atoms with Gasteiger partial charge in [0.2, 0.25) is 15.9 Å². The molecule has 2 aromatic rings. The van der Waals surface area contributed by atoms with E-state index >= 15 is 0 Å². The molecule has 1 amide bonds. The molecule has 1 aromatic carbocycles. The summed E-state index contributed by atoms with van der Waals surface area (Å²) >= 11 is 1.38. The predicted molar refractivity (Wildman–Crippen MR) is 121 cm³/mol. The zero-order valence-electron chi connectivity index (χ0n) is 17.4. The Morgan fingerprint density at radius 2 is 2.03 bits per heavy atom. The number of allylic oxidation sites excluding steroid dienone is 1. The van der Waals surface area contributed by atoms with Crippen molar-refractivity contribution in [3.8, 4) is 0 Å². The average Bonchev–Trinajstić information content (AvgIpc) is 3.36. The number of amides is 1. The number of nitrogens with zero attached hydrogens (tertiary/aromatic N) is 4. The Hall–Kier alpha value is -2.17. The van der Waals surface area contributed by atoms with Gasteiger partial charge in [-0.25, -0.2) is 13.6 Å². The molecule has 166 valence electrons. The van der Waals surface area contributed by atoms with Gasteiger partial charge in [-0.3, -0.25) is 4.79 Å². The predicted octanol–water partition coefficient (Wildman–Crippen LogP) is 2.84. The van der Waals surface area contributed by atoms with E-state index in [4.69, 9.17) is 5.14 Å². The lowest BCUT2D eigenvalue weighted by molar-refractivity contribution is -0.116. The lowest BCUT2D eigenvalue weighted by atomic mass is 9.89. The molecule has 2 heterocycles.